The Hall–Kier alpha value is -0.960. The summed E-state index contributed by atoms with van der Waals surface area (Å²) in [6.07, 6.45) is 0. The van der Waals surface area contributed by atoms with Gasteiger partial charge in [-0.3, -0.25) is 13.8 Å². The van der Waals surface area contributed by atoms with Gasteiger partial charge in [0.05, 0.1) is 5.03 Å². The topological polar surface area (TPSA) is 35.5 Å². The number of carbonyl (C=O) groups is 1. The van der Waals surface area contributed by atoms with Crippen LogP contribution in [-0.2, 0) is 0 Å². The summed E-state index contributed by atoms with van der Waals surface area (Å²) in [5.74, 6) is 2.40. The number of rotatable bonds is 3. The van der Waals surface area contributed by atoms with Crippen molar-refractivity contribution in [1.29, 1.82) is 0 Å². The van der Waals surface area contributed by atoms with E-state index >= 15 is 0 Å². The third kappa shape index (κ3) is 4.12. The van der Waals surface area contributed by atoms with Crippen LogP contribution in [0.3, 0.4) is 0 Å². The average molecular weight is 410 g/mol. The van der Waals surface area contributed by atoms with Crippen molar-refractivity contribution in [2.45, 2.75) is 0 Å². The van der Waals surface area contributed by atoms with Gasteiger partial charge in [-0.2, -0.15) is 0 Å². The van der Waals surface area contributed by atoms with Crippen LogP contribution in [0.1, 0.15) is 15.9 Å². The van der Waals surface area contributed by atoms with Crippen LogP contribution in [0.5, 0.6) is 11.5 Å². The van der Waals surface area contributed by atoms with Gasteiger partial charge in [0.15, 0.2) is 17.1 Å². The molecule has 0 aliphatic carbocycles. The van der Waals surface area contributed by atoms with Gasteiger partial charge in [-0.15, -0.1) is 0 Å². The molecule has 1 aliphatic rings. The first kappa shape index (κ1) is 18.4. The van der Waals surface area contributed by atoms with Crippen molar-refractivity contribution in [3.05, 3.63) is 65.5 Å². The number of benzene rings is 2. The average Bonchev–Trinajstić information content (AvgIpc) is 2.82. The summed E-state index contributed by atoms with van der Waals surface area (Å²) in [6, 6.07) is 14.0. The smallest absolute Gasteiger partial charge is 0.487 e. The highest BCUT2D eigenvalue weighted by Gasteiger charge is 2.50. The molecule has 0 saturated heterocycles. The van der Waals surface area contributed by atoms with Gasteiger partial charge >= 0.3 is 7.07 Å². The van der Waals surface area contributed by atoms with Crippen molar-refractivity contribution in [2.24, 2.45) is 0 Å². The van der Waals surface area contributed by atoms with Crippen molar-refractivity contribution in [1.82, 2.24) is 0 Å². The lowest BCUT2D eigenvalue weighted by molar-refractivity contribution is -0.0000122. The zero-order chi connectivity index (χ0) is 15.7. The van der Waals surface area contributed by atoms with Gasteiger partial charge in [-0.1, -0.05) is 41.9 Å². The largest absolute Gasteiger partial charge is 1.00 e. The minimum Gasteiger partial charge on any atom is -1.00 e. The van der Waals surface area contributed by atoms with E-state index in [0.29, 0.717) is 22.1 Å². The van der Waals surface area contributed by atoms with Crippen molar-refractivity contribution in [3.8, 4) is 11.5 Å². The molecule has 2 aromatic rings. The molecular weight excluding hydrogens is 401 g/mol. The lowest BCUT2D eigenvalue weighted by atomic mass is 10.2. The van der Waals surface area contributed by atoms with Crippen molar-refractivity contribution in [3.63, 3.8) is 0 Å². The number of fused-ring (bicyclic) bond motifs is 1. The maximum absolute atomic E-state index is 11.2. The molecule has 1 aliphatic heterocycles. The molecule has 0 fully saturated rings. The maximum Gasteiger partial charge on any atom is 0.487 e. The fourth-order valence-corrected chi connectivity index (χ4v) is 4.83. The Kier molecular flexibility index (Phi) is 5.83. The zero-order valence-corrected chi connectivity index (χ0v) is 15.3. The highest BCUT2D eigenvalue weighted by molar-refractivity contribution is 7.94. The molecule has 1 heterocycles. The molecule has 1 atom stereocenters. The van der Waals surface area contributed by atoms with Crippen LogP contribution in [0.25, 0.3) is 5.03 Å². The Morgan fingerprint density at radius 1 is 0.957 bits per heavy atom. The number of hydrogen-bond donors (Lipinski definition) is 0. The van der Waals surface area contributed by atoms with Crippen LogP contribution in [0.15, 0.2) is 54.3 Å². The van der Waals surface area contributed by atoms with E-state index in [-0.39, 0.29) is 12.4 Å². The van der Waals surface area contributed by atoms with E-state index in [1.54, 1.807) is 17.9 Å². The summed E-state index contributed by atoms with van der Waals surface area (Å²) < 4.78 is 11.3. The Morgan fingerprint density at radius 3 is 2.26 bits per heavy atom. The minimum absolute atomic E-state index is 0. The normalized spacial score (nSPS) is 19.2. The monoisotopic (exact) mass is 408 g/mol. The van der Waals surface area contributed by atoms with Gasteiger partial charge in [0.1, 0.15) is 0 Å². The molecule has 1 unspecified atom stereocenters. The van der Waals surface area contributed by atoms with E-state index in [0.717, 1.165) is 5.56 Å². The van der Waals surface area contributed by atoms with Gasteiger partial charge in [0, 0.05) is 11.6 Å². The van der Waals surface area contributed by atoms with E-state index in [9.17, 15) is 4.79 Å². The van der Waals surface area contributed by atoms with Gasteiger partial charge in [-0.05, 0) is 29.3 Å². The van der Waals surface area contributed by atoms with Crippen molar-refractivity contribution >= 4 is 51.8 Å². The molecule has 8 heteroatoms. The Labute approximate surface area is 154 Å². The lowest BCUT2D eigenvalue weighted by Crippen LogP contribution is -3.00. The SMILES string of the molecule is O=C(Cl)c1ccc2c(c1)O[P+](Cl)(/C=C(\Cl)c1ccccc1)O2.[Cl-]. The van der Waals surface area contributed by atoms with Crippen LogP contribution in [0, 0.1) is 0 Å². The highest BCUT2D eigenvalue weighted by atomic mass is 35.7. The summed E-state index contributed by atoms with van der Waals surface area (Å²) >= 11 is 18.1. The molecule has 120 valence electrons. The Bertz CT molecular complexity index is 767. The first-order chi connectivity index (χ1) is 10.5. The highest BCUT2D eigenvalue weighted by Crippen LogP contribution is 2.73. The first-order valence-corrected chi connectivity index (χ1v) is 9.57. The van der Waals surface area contributed by atoms with Crippen LogP contribution in [-0.4, -0.2) is 5.24 Å². The first-order valence-electron chi connectivity index (χ1n) is 6.22. The van der Waals surface area contributed by atoms with E-state index < -0.39 is 12.3 Å². The van der Waals surface area contributed by atoms with E-state index in [1.807, 2.05) is 30.3 Å². The summed E-state index contributed by atoms with van der Waals surface area (Å²) in [5.41, 5.74) is 1.12. The van der Waals surface area contributed by atoms with E-state index in [4.69, 9.17) is 43.5 Å². The predicted octanol–water partition coefficient (Wildman–Crippen LogP) is 3.08. The standard InChI is InChI=1S/C15H9Cl3O3P.ClH/c16-12(10-4-2-1-3-5-10)9-22(18)20-13-7-6-11(15(17)19)8-14(13)21-22;/h1-9H;1H/q+1;/p-1/b12-9-;. The van der Waals surface area contributed by atoms with Crippen molar-refractivity contribution < 1.29 is 26.2 Å². The molecule has 0 amide bonds. The number of carbonyl (C=O) groups excluding carboxylic acids is 1. The van der Waals surface area contributed by atoms with Gasteiger partial charge in [0.2, 0.25) is 11.5 Å². The third-order valence-corrected chi connectivity index (χ3v) is 5.80. The van der Waals surface area contributed by atoms with Crippen LogP contribution < -0.4 is 21.5 Å². The molecule has 0 saturated carbocycles. The lowest BCUT2D eigenvalue weighted by Gasteiger charge is -2.04. The summed E-state index contributed by atoms with van der Waals surface area (Å²) in [6.45, 7) is 0. The van der Waals surface area contributed by atoms with Gasteiger partial charge in [0.25, 0.3) is 5.24 Å². The summed E-state index contributed by atoms with van der Waals surface area (Å²) in [7, 11) is -2.85. The summed E-state index contributed by atoms with van der Waals surface area (Å²) in [5, 5.41) is -0.139. The predicted molar refractivity (Wildman–Crippen MR) is 90.9 cm³/mol. The molecule has 0 spiro atoms. The number of hydrogen-bond acceptors (Lipinski definition) is 3. The minimum atomic E-state index is -2.85. The molecule has 3 rings (SSSR count). The molecule has 0 bridgehead atoms. The van der Waals surface area contributed by atoms with E-state index in [1.165, 1.54) is 6.07 Å². The molecule has 23 heavy (non-hydrogen) atoms. The fraction of sp³-hybridized carbons (Fsp3) is 0. The Morgan fingerprint density at radius 2 is 1.61 bits per heavy atom. The Balaban J connectivity index is 0.00000192. The molecule has 0 N–H and O–H groups in total. The quantitative estimate of drug-likeness (QED) is 0.577. The molecule has 2 aromatic carbocycles. The molecule has 0 aromatic heterocycles. The number of halogens is 4. The fourth-order valence-electron chi connectivity index (χ4n) is 1.92. The maximum atomic E-state index is 11.2. The second kappa shape index (κ2) is 7.29. The third-order valence-electron chi connectivity index (χ3n) is 2.93. The second-order valence-electron chi connectivity index (χ2n) is 4.48. The molecule has 3 nitrogen and oxygen atoms in total. The van der Waals surface area contributed by atoms with Gasteiger partial charge in [-0.25, -0.2) is 0 Å². The van der Waals surface area contributed by atoms with E-state index in [2.05, 4.69) is 0 Å². The zero-order valence-electron chi connectivity index (χ0n) is 11.4. The van der Waals surface area contributed by atoms with Gasteiger partial charge < -0.3 is 12.4 Å². The molecular formula is C15H9Cl4O3P. The second-order valence-corrected chi connectivity index (χ2v) is 8.31. The van der Waals surface area contributed by atoms with Crippen LogP contribution in [0.4, 0.5) is 0 Å². The van der Waals surface area contributed by atoms with Crippen LogP contribution in [0.2, 0.25) is 0 Å². The van der Waals surface area contributed by atoms with Crippen LogP contribution >= 0.6 is 41.5 Å². The summed E-state index contributed by atoms with van der Waals surface area (Å²) in [4.78, 5) is 11.2. The molecule has 0 radical (unpaired) electrons. The van der Waals surface area contributed by atoms with Crippen molar-refractivity contribution in [2.75, 3.05) is 0 Å².